The fourth-order valence-electron chi connectivity index (χ4n) is 0. The Morgan fingerprint density at radius 3 is 0.500 bits per heavy atom. The molecule has 0 rings (SSSR count). The van der Waals surface area contributed by atoms with Crippen LogP contribution in [0.25, 0.3) is 0 Å². The van der Waals surface area contributed by atoms with Crippen molar-refractivity contribution < 1.29 is 51.2 Å². The molecule has 3 nitrogen and oxygen atoms in total. The molecule has 0 saturated heterocycles. The van der Waals surface area contributed by atoms with Crippen LogP contribution >= 0.6 is 0 Å². The van der Waals surface area contributed by atoms with Gasteiger partial charge in [-0.25, -0.2) is 0 Å². The van der Waals surface area contributed by atoms with E-state index in [0.717, 1.165) is 0 Å². The first-order valence-corrected chi connectivity index (χ1v) is 0. The molecule has 0 aliphatic carbocycles. The second-order valence-corrected chi connectivity index (χ2v) is 0. The van der Waals surface area contributed by atoms with E-state index >= 15 is 0 Å². The largest absolute Gasteiger partial charge is 0 e. The molecule has 0 aromatic heterocycles. The second-order valence-electron chi connectivity index (χ2n) is 0. The minimum absolute atomic E-state index is 0. The average Bonchev–Trinajstić information content (AvgIpc) is 0. The Morgan fingerprint density at radius 2 is 0.500 bits per heavy atom. The van der Waals surface area contributed by atoms with Gasteiger partial charge in [-0.15, -0.1) is 0 Å². The Balaban J connectivity index is 0. The van der Waals surface area contributed by atoms with Crippen molar-refractivity contribution in [3.63, 3.8) is 0 Å². The van der Waals surface area contributed by atoms with Crippen LogP contribution in [0.2, 0.25) is 0 Å². The van der Waals surface area contributed by atoms with Gasteiger partial charge in [0, 0.05) is 34.7 Å². The number of hydrogen-bond acceptors (Lipinski definition) is 0. The minimum atomic E-state index is 0. The second kappa shape index (κ2) is 50.4. The van der Waals surface area contributed by atoms with Gasteiger partial charge in [0.05, 0.1) is 0 Å². The van der Waals surface area contributed by atoms with Gasteiger partial charge in [-0.2, -0.15) is 0 Å². The summed E-state index contributed by atoms with van der Waals surface area (Å²) in [7, 11) is 0. The third-order valence-electron chi connectivity index (χ3n) is 0. The van der Waals surface area contributed by atoms with Crippen molar-refractivity contribution in [1.82, 2.24) is 0 Å². The molecule has 40 valence electrons. The van der Waals surface area contributed by atoms with Crippen molar-refractivity contribution in [1.29, 1.82) is 0 Å². The summed E-state index contributed by atoms with van der Waals surface area (Å²) in [6.45, 7) is 0. The van der Waals surface area contributed by atoms with Gasteiger partial charge in [0.25, 0.3) is 0 Å². The molecular weight excluding hydrogens is 289 g/mol. The third-order valence-corrected chi connectivity index (χ3v) is 0. The summed E-state index contributed by atoms with van der Waals surface area (Å²) in [6, 6.07) is 0. The van der Waals surface area contributed by atoms with Gasteiger partial charge in [-0.05, 0) is 0 Å². The van der Waals surface area contributed by atoms with Crippen LogP contribution < -0.4 is 0 Å². The van der Waals surface area contributed by atoms with Crippen LogP contribution in [0, 0.1) is 0 Å². The molecule has 0 bridgehead atoms. The summed E-state index contributed by atoms with van der Waals surface area (Å²) in [5.74, 6) is 0. The van der Waals surface area contributed by atoms with Crippen LogP contribution in [0.15, 0.2) is 0 Å². The summed E-state index contributed by atoms with van der Waals surface area (Å²) < 4.78 is 0. The zero-order chi connectivity index (χ0) is 0. The molecule has 0 saturated carbocycles. The molecule has 0 aromatic rings. The summed E-state index contributed by atoms with van der Waals surface area (Å²) in [6.07, 6.45) is 0. The van der Waals surface area contributed by atoms with Gasteiger partial charge in [0.15, 0.2) is 0 Å². The zero-order valence-electron chi connectivity index (χ0n) is 2.32. The predicted octanol–water partition coefficient (Wildman–Crippen LogP) is -3.40. The van der Waals surface area contributed by atoms with Gasteiger partial charge in [-0.3, -0.25) is 0 Å². The van der Waals surface area contributed by atoms with Crippen LogP contribution in [-0.4, -0.2) is 65.3 Å². The first-order valence-electron chi connectivity index (χ1n) is 0. The van der Waals surface area contributed by atoms with Crippen LogP contribution in [0.5, 0.6) is 0 Å². The molecule has 6 heavy (non-hydrogen) atoms. The van der Waals surface area contributed by atoms with Gasteiger partial charge in [0.2, 0.25) is 0 Å². The van der Waals surface area contributed by atoms with Crippen LogP contribution in [0.3, 0.4) is 0 Å². The first-order chi connectivity index (χ1) is 0. The summed E-state index contributed by atoms with van der Waals surface area (Å²) in [5.41, 5.74) is 0. The third kappa shape index (κ3) is 31.3. The first kappa shape index (κ1) is 76.0. The molecule has 0 radical (unpaired) electrons. The molecule has 0 atom stereocenters. The van der Waals surface area contributed by atoms with E-state index in [-0.39, 0.29) is 100 Å². The summed E-state index contributed by atoms with van der Waals surface area (Å²) >= 11 is 0. The predicted molar refractivity (Wildman–Crippen MR) is 19.4 cm³/mol. The maximum absolute atomic E-state index is 0. The van der Waals surface area contributed by atoms with E-state index < -0.39 is 0 Å². The van der Waals surface area contributed by atoms with Crippen LogP contribution in [0.1, 0.15) is 0 Å². The minimum Gasteiger partial charge on any atom is 0 e. The van der Waals surface area contributed by atoms with Crippen molar-refractivity contribution in [2.75, 3.05) is 0 Å². The molecule has 0 spiro atoms. The zero-order valence-corrected chi connectivity index (χ0v) is 4.87. The summed E-state index contributed by atoms with van der Waals surface area (Å²) in [4.78, 5) is 0. The molecular formula is H8BaCr2O3. The van der Waals surface area contributed by atoms with E-state index in [9.17, 15) is 0 Å². The molecule has 0 unspecified atom stereocenters. The van der Waals surface area contributed by atoms with E-state index in [2.05, 4.69) is 0 Å². The monoisotopic (exact) mass is 298 g/mol. The molecule has 6 N–H and O–H groups in total. The topological polar surface area (TPSA) is 94.5 Å². The fraction of sp³-hybridized carbons (Fsp3) is 0. The Hall–Kier alpha value is 2.52. The maximum Gasteiger partial charge on any atom is 0 e. The van der Waals surface area contributed by atoms with Crippen molar-refractivity contribution in [3.05, 3.63) is 0 Å². The van der Waals surface area contributed by atoms with E-state index in [0.29, 0.717) is 0 Å². The van der Waals surface area contributed by atoms with Crippen LogP contribution in [0.4, 0.5) is 0 Å². The van der Waals surface area contributed by atoms with E-state index in [4.69, 9.17) is 0 Å². The van der Waals surface area contributed by atoms with Gasteiger partial charge in [-0.1, -0.05) is 0 Å². The Morgan fingerprint density at radius 1 is 0.500 bits per heavy atom. The SMILES string of the molecule is O.O.O.[BaH2].[Cr].[Cr]. The van der Waals surface area contributed by atoms with Gasteiger partial charge in [0.1, 0.15) is 0 Å². The summed E-state index contributed by atoms with van der Waals surface area (Å²) in [5, 5.41) is 0. The fourth-order valence-corrected chi connectivity index (χ4v) is 0. The number of rotatable bonds is 0. The Bertz CT molecular complexity index is 8.75. The molecule has 0 amide bonds. The van der Waals surface area contributed by atoms with E-state index in [1.165, 1.54) is 0 Å². The average molecular weight is 297 g/mol. The van der Waals surface area contributed by atoms with Crippen LogP contribution in [-0.2, 0) is 34.7 Å². The van der Waals surface area contributed by atoms with Gasteiger partial charge < -0.3 is 16.4 Å². The van der Waals surface area contributed by atoms with E-state index in [1.54, 1.807) is 0 Å². The number of hydrogen-bond donors (Lipinski definition) is 0. The van der Waals surface area contributed by atoms with Gasteiger partial charge >= 0.3 is 48.9 Å². The Labute approximate surface area is 98.1 Å². The molecule has 0 aromatic carbocycles. The van der Waals surface area contributed by atoms with Crippen molar-refractivity contribution in [2.24, 2.45) is 0 Å². The maximum atomic E-state index is 0. The molecule has 0 aliphatic rings. The molecule has 6 heteroatoms. The quantitative estimate of drug-likeness (QED) is 0.417. The standard InChI is InChI=1S/Ba.2Cr.3H2O.2H/h;;;3*1H2;;. The Kier molecular flexibility index (Phi) is 638. The smallest absolute Gasteiger partial charge is 0 e. The molecule has 0 aliphatic heterocycles. The van der Waals surface area contributed by atoms with Crippen molar-refractivity contribution in [2.45, 2.75) is 0 Å². The molecule has 0 fully saturated rings. The van der Waals surface area contributed by atoms with Crippen molar-refractivity contribution >= 4 is 48.9 Å². The van der Waals surface area contributed by atoms with E-state index in [1.807, 2.05) is 0 Å². The molecule has 0 heterocycles. The normalized spacial score (nSPS) is 0. The van der Waals surface area contributed by atoms with Crippen molar-refractivity contribution in [3.8, 4) is 0 Å².